The van der Waals surface area contributed by atoms with Crippen LogP contribution in [0.15, 0.2) is 0 Å². The lowest BCUT2D eigenvalue weighted by Crippen LogP contribution is -2.26. The third-order valence-electron chi connectivity index (χ3n) is 5.62. The summed E-state index contributed by atoms with van der Waals surface area (Å²) in [5, 5.41) is 0. The van der Waals surface area contributed by atoms with E-state index in [1.165, 1.54) is 64.2 Å². The quantitative estimate of drug-likeness (QED) is 0.784. The molecular formula is C16H29NO. The lowest BCUT2D eigenvalue weighted by molar-refractivity contribution is 0.101. The van der Waals surface area contributed by atoms with E-state index in [0.29, 0.717) is 12.1 Å². The van der Waals surface area contributed by atoms with Crippen LogP contribution in [0.3, 0.4) is 0 Å². The largest absolute Gasteiger partial charge is 0.378 e. The molecule has 5 atom stereocenters. The van der Waals surface area contributed by atoms with E-state index in [2.05, 4.69) is 0 Å². The first-order valence-corrected chi connectivity index (χ1v) is 8.18. The van der Waals surface area contributed by atoms with Gasteiger partial charge in [-0.3, -0.25) is 0 Å². The first-order valence-electron chi connectivity index (χ1n) is 8.18. The Morgan fingerprint density at radius 2 is 2.11 bits per heavy atom. The van der Waals surface area contributed by atoms with Crippen molar-refractivity contribution in [2.45, 2.75) is 76.4 Å². The molecule has 2 heteroatoms. The lowest BCUT2D eigenvalue weighted by atomic mass is 9.83. The van der Waals surface area contributed by atoms with Crippen LogP contribution in [-0.4, -0.2) is 18.8 Å². The molecule has 1 saturated heterocycles. The average Bonchev–Trinajstić information content (AvgIpc) is 3.04. The van der Waals surface area contributed by atoms with Crippen LogP contribution in [0.5, 0.6) is 0 Å². The maximum Gasteiger partial charge on any atom is 0.0576 e. The summed E-state index contributed by atoms with van der Waals surface area (Å²) < 4.78 is 5.67. The molecule has 0 amide bonds. The summed E-state index contributed by atoms with van der Waals surface area (Å²) in [6, 6.07) is 0.454. The van der Waals surface area contributed by atoms with Crippen LogP contribution in [-0.2, 0) is 4.74 Å². The fourth-order valence-electron chi connectivity index (χ4n) is 4.65. The zero-order valence-corrected chi connectivity index (χ0v) is 11.7. The van der Waals surface area contributed by atoms with Crippen molar-refractivity contribution in [2.75, 3.05) is 6.61 Å². The molecule has 0 spiro atoms. The van der Waals surface area contributed by atoms with E-state index in [9.17, 15) is 0 Å². The van der Waals surface area contributed by atoms with Gasteiger partial charge in [0.15, 0.2) is 0 Å². The van der Waals surface area contributed by atoms with E-state index in [4.69, 9.17) is 10.5 Å². The van der Waals surface area contributed by atoms with E-state index in [-0.39, 0.29) is 0 Å². The predicted octanol–water partition coefficient (Wildman–Crippen LogP) is 3.49. The van der Waals surface area contributed by atoms with E-state index in [1.807, 2.05) is 0 Å². The molecule has 2 aliphatic carbocycles. The zero-order valence-electron chi connectivity index (χ0n) is 11.7. The molecule has 3 rings (SSSR count). The second-order valence-electron chi connectivity index (χ2n) is 7.00. The van der Waals surface area contributed by atoms with Gasteiger partial charge in [-0.2, -0.15) is 0 Å². The number of fused-ring (bicyclic) bond motifs is 2. The summed E-state index contributed by atoms with van der Waals surface area (Å²) in [5.74, 6) is 3.08. The third-order valence-corrected chi connectivity index (χ3v) is 5.62. The standard InChI is InChI=1S/C16H29NO/c17-15(3-1-4-16-5-2-8-18-16)11-14-10-12-6-7-13(14)9-12/h12-16H,1-11,17H2. The van der Waals surface area contributed by atoms with Crippen LogP contribution >= 0.6 is 0 Å². The van der Waals surface area contributed by atoms with Crippen molar-refractivity contribution >= 4 is 0 Å². The van der Waals surface area contributed by atoms with Crippen molar-refractivity contribution in [3.8, 4) is 0 Å². The Kier molecular flexibility index (Phi) is 4.25. The molecule has 3 aliphatic rings. The number of hydrogen-bond acceptors (Lipinski definition) is 2. The minimum absolute atomic E-state index is 0.454. The monoisotopic (exact) mass is 251 g/mol. The molecular weight excluding hydrogens is 222 g/mol. The molecule has 0 aromatic heterocycles. The second kappa shape index (κ2) is 5.92. The van der Waals surface area contributed by atoms with Crippen molar-refractivity contribution in [1.82, 2.24) is 0 Å². The van der Waals surface area contributed by atoms with Gasteiger partial charge in [-0.1, -0.05) is 6.42 Å². The van der Waals surface area contributed by atoms with Gasteiger partial charge in [0.05, 0.1) is 6.10 Å². The van der Waals surface area contributed by atoms with Gasteiger partial charge < -0.3 is 10.5 Å². The Bertz CT molecular complexity index is 262. The van der Waals surface area contributed by atoms with Crippen molar-refractivity contribution in [3.05, 3.63) is 0 Å². The number of hydrogen-bond donors (Lipinski definition) is 1. The second-order valence-corrected chi connectivity index (χ2v) is 7.00. The maximum atomic E-state index is 6.33. The Labute approximate surface area is 112 Å². The van der Waals surface area contributed by atoms with Crippen LogP contribution in [0, 0.1) is 17.8 Å². The first-order chi connectivity index (χ1) is 8.81. The summed E-state index contributed by atoms with van der Waals surface area (Å²) in [7, 11) is 0. The van der Waals surface area contributed by atoms with Gasteiger partial charge in [0.1, 0.15) is 0 Å². The predicted molar refractivity (Wildman–Crippen MR) is 74.4 cm³/mol. The molecule has 3 fully saturated rings. The van der Waals surface area contributed by atoms with E-state index >= 15 is 0 Å². The number of ether oxygens (including phenoxy) is 1. The van der Waals surface area contributed by atoms with Crippen molar-refractivity contribution in [3.63, 3.8) is 0 Å². The molecule has 104 valence electrons. The molecule has 1 heterocycles. The minimum Gasteiger partial charge on any atom is -0.378 e. The molecule has 0 radical (unpaired) electrons. The highest BCUT2D eigenvalue weighted by Gasteiger charge is 2.39. The van der Waals surface area contributed by atoms with Crippen molar-refractivity contribution in [2.24, 2.45) is 23.5 Å². The van der Waals surface area contributed by atoms with Gasteiger partial charge in [-0.15, -0.1) is 0 Å². The van der Waals surface area contributed by atoms with Gasteiger partial charge in [-0.05, 0) is 75.5 Å². The van der Waals surface area contributed by atoms with Gasteiger partial charge in [-0.25, -0.2) is 0 Å². The van der Waals surface area contributed by atoms with Crippen LogP contribution in [0.25, 0.3) is 0 Å². The maximum absolute atomic E-state index is 6.33. The number of rotatable bonds is 6. The summed E-state index contributed by atoms with van der Waals surface area (Å²) in [4.78, 5) is 0. The van der Waals surface area contributed by atoms with E-state index in [1.54, 1.807) is 0 Å². The number of nitrogens with two attached hydrogens (primary N) is 1. The van der Waals surface area contributed by atoms with E-state index in [0.717, 1.165) is 24.4 Å². The smallest absolute Gasteiger partial charge is 0.0576 e. The van der Waals surface area contributed by atoms with Crippen LogP contribution in [0.1, 0.15) is 64.2 Å². The molecule has 2 N–H and O–H groups in total. The SMILES string of the molecule is NC(CCCC1CCCO1)CC1CC2CCC1C2. The Morgan fingerprint density at radius 1 is 1.17 bits per heavy atom. The fourth-order valence-corrected chi connectivity index (χ4v) is 4.65. The third kappa shape index (κ3) is 3.08. The molecule has 18 heavy (non-hydrogen) atoms. The summed E-state index contributed by atoms with van der Waals surface area (Å²) in [6.07, 6.45) is 14.1. The summed E-state index contributed by atoms with van der Waals surface area (Å²) in [6.45, 7) is 0.988. The molecule has 2 saturated carbocycles. The van der Waals surface area contributed by atoms with E-state index < -0.39 is 0 Å². The highest BCUT2D eigenvalue weighted by atomic mass is 16.5. The molecule has 2 nitrogen and oxygen atoms in total. The van der Waals surface area contributed by atoms with Crippen molar-refractivity contribution in [1.29, 1.82) is 0 Å². The Hall–Kier alpha value is -0.0800. The van der Waals surface area contributed by atoms with Crippen molar-refractivity contribution < 1.29 is 4.74 Å². The fraction of sp³-hybridized carbons (Fsp3) is 1.00. The molecule has 1 aliphatic heterocycles. The van der Waals surface area contributed by atoms with Crippen LogP contribution < -0.4 is 5.73 Å². The minimum atomic E-state index is 0.454. The van der Waals surface area contributed by atoms with Gasteiger partial charge >= 0.3 is 0 Å². The van der Waals surface area contributed by atoms with Gasteiger partial charge in [0.25, 0.3) is 0 Å². The molecule has 0 aromatic rings. The van der Waals surface area contributed by atoms with Crippen LogP contribution in [0.4, 0.5) is 0 Å². The van der Waals surface area contributed by atoms with Gasteiger partial charge in [0.2, 0.25) is 0 Å². The highest BCUT2D eigenvalue weighted by molar-refractivity contribution is 4.91. The molecule has 2 bridgehead atoms. The Balaban J connectivity index is 1.31. The normalized spacial score (nSPS) is 40.5. The topological polar surface area (TPSA) is 35.2 Å². The summed E-state index contributed by atoms with van der Waals surface area (Å²) >= 11 is 0. The molecule has 5 unspecified atom stereocenters. The Morgan fingerprint density at radius 3 is 2.78 bits per heavy atom. The highest BCUT2D eigenvalue weighted by Crippen LogP contribution is 2.49. The lowest BCUT2D eigenvalue weighted by Gasteiger charge is -2.24. The molecule has 0 aromatic carbocycles. The zero-order chi connectivity index (χ0) is 12.4. The van der Waals surface area contributed by atoms with Gasteiger partial charge in [0, 0.05) is 12.6 Å². The first kappa shape index (κ1) is 12.9. The summed E-state index contributed by atoms with van der Waals surface area (Å²) in [5.41, 5.74) is 6.33. The average molecular weight is 251 g/mol. The van der Waals surface area contributed by atoms with Crippen LogP contribution in [0.2, 0.25) is 0 Å².